The van der Waals surface area contributed by atoms with Gasteiger partial charge in [0.2, 0.25) is 0 Å². The molecule has 0 radical (unpaired) electrons. The summed E-state index contributed by atoms with van der Waals surface area (Å²) < 4.78 is 11.0. The molecule has 0 saturated heterocycles. The monoisotopic (exact) mass is 568 g/mol. The third-order valence-corrected chi connectivity index (χ3v) is 13.7. The minimum Gasteiger partial charge on any atom is -0.135 e. The first-order valence-electron chi connectivity index (χ1n) is 11.4. The zero-order valence-corrected chi connectivity index (χ0v) is 23.7. The molecule has 8 aromatic rings. The van der Waals surface area contributed by atoms with Crippen LogP contribution in [-0.4, -0.2) is 0 Å². The summed E-state index contributed by atoms with van der Waals surface area (Å²) in [6, 6.07) is 23.2. The summed E-state index contributed by atoms with van der Waals surface area (Å²) in [6.45, 7) is 7.81. The van der Waals surface area contributed by atoms with E-state index in [1.807, 2.05) is 80.2 Å². The van der Waals surface area contributed by atoms with Crippen molar-refractivity contribution in [3.05, 3.63) is 83.6 Å². The van der Waals surface area contributed by atoms with Crippen LogP contribution in [0.3, 0.4) is 0 Å². The zero-order valence-electron chi connectivity index (χ0n) is 18.8. The molecule has 0 bridgehead atoms. The van der Waals surface area contributed by atoms with Crippen LogP contribution < -0.4 is 0 Å². The first-order chi connectivity index (χ1) is 17.7. The highest BCUT2D eigenvalue weighted by Gasteiger charge is 2.16. The number of fused-ring (bicyclic) bond motifs is 7. The highest BCUT2D eigenvalue weighted by Crippen LogP contribution is 2.48. The molecular formula is C30H16S6. The van der Waals surface area contributed by atoms with Crippen LogP contribution in [0.25, 0.3) is 81.4 Å². The van der Waals surface area contributed by atoms with Gasteiger partial charge in [0, 0.05) is 58.5 Å². The topological polar surface area (TPSA) is 0 Å². The van der Waals surface area contributed by atoms with E-state index in [9.17, 15) is 0 Å². The molecule has 0 aliphatic heterocycles. The molecule has 0 aliphatic carbocycles. The Bertz CT molecular complexity index is 1930. The van der Waals surface area contributed by atoms with Crippen molar-refractivity contribution >= 4 is 129 Å². The molecule has 0 unspecified atom stereocenters. The molecule has 6 heterocycles. The fourth-order valence-electron chi connectivity index (χ4n) is 4.76. The molecule has 0 atom stereocenters. The molecule has 172 valence electrons. The minimum atomic E-state index is 1.24. The highest BCUT2D eigenvalue weighted by molar-refractivity contribution is 7.36. The normalized spacial score (nSPS) is 12.1. The lowest BCUT2D eigenvalue weighted by Crippen LogP contribution is -1.71. The Morgan fingerprint density at radius 3 is 1.31 bits per heavy atom. The Balaban J connectivity index is 1.21. The molecular weight excluding hydrogens is 553 g/mol. The Labute approximate surface area is 231 Å². The van der Waals surface area contributed by atoms with Gasteiger partial charge in [-0.25, -0.2) is 0 Å². The van der Waals surface area contributed by atoms with E-state index < -0.39 is 0 Å². The lowest BCUT2D eigenvalue weighted by atomic mass is 10.1. The molecule has 8 rings (SSSR count). The quantitative estimate of drug-likeness (QED) is 0.198. The molecule has 0 spiro atoms. The summed E-state index contributed by atoms with van der Waals surface area (Å²) in [4.78, 5) is 5.17. The average Bonchev–Trinajstić information content (AvgIpc) is 3.69. The van der Waals surface area contributed by atoms with Crippen molar-refractivity contribution in [2.24, 2.45) is 0 Å². The summed E-state index contributed by atoms with van der Waals surface area (Å²) >= 11 is 11.3. The molecule has 0 fully saturated rings. The van der Waals surface area contributed by atoms with Gasteiger partial charge in [-0.05, 0) is 47.5 Å². The first kappa shape index (κ1) is 21.5. The van der Waals surface area contributed by atoms with E-state index in [1.54, 1.807) is 0 Å². The molecule has 0 nitrogen and oxygen atoms in total. The van der Waals surface area contributed by atoms with Gasteiger partial charge in [-0.15, -0.1) is 68.0 Å². The summed E-state index contributed by atoms with van der Waals surface area (Å²) in [6.07, 6.45) is 3.88. The van der Waals surface area contributed by atoms with E-state index >= 15 is 0 Å². The van der Waals surface area contributed by atoms with Crippen molar-refractivity contribution in [1.82, 2.24) is 0 Å². The third-order valence-electron chi connectivity index (χ3n) is 6.51. The Kier molecular flexibility index (Phi) is 4.75. The van der Waals surface area contributed by atoms with Crippen molar-refractivity contribution < 1.29 is 0 Å². The predicted octanol–water partition coefficient (Wildman–Crippen LogP) is 12.4. The second-order valence-corrected chi connectivity index (χ2v) is 15.2. The molecule has 0 aliphatic rings. The van der Waals surface area contributed by atoms with Crippen molar-refractivity contribution in [2.45, 2.75) is 0 Å². The largest absolute Gasteiger partial charge is 0.135 e. The van der Waals surface area contributed by atoms with Crippen LogP contribution in [-0.2, 0) is 0 Å². The summed E-state index contributed by atoms with van der Waals surface area (Å²) in [5.41, 5.74) is 2.63. The van der Waals surface area contributed by atoms with Crippen molar-refractivity contribution in [2.75, 3.05) is 0 Å². The van der Waals surface area contributed by atoms with Gasteiger partial charge in [-0.1, -0.05) is 49.6 Å². The number of rotatable bonds is 4. The van der Waals surface area contributed by atoms with E-state index in [1.165, 1.54) is 79.0 Å². The maximum atomic E-state index is 3.91. The van der Waals surface area contributed by atoms with Crippen LogP contribution in [0.2, 0.25) is 0 Å². The summed E-state index contributed by atoms with van der Waals surface area (Å²) in [5, 5.41) is 2.75. The minimum absolute atomic E-state index is 1.24. The lowest BCUT2D eigenvalue weighted by molar-refractivity contribution is 1.83. The molecule has 6 heteroatoms. The SMILES string of the molecule is C=Cc1cc2sc(-c3ccc4c(c3)sc3c5ccc(-c6cc7sc(C=C)cc7s6)cc5sc43)cc2s1. The number of hydrogen-bond donors (Lipinski definition) is 0. The standard InChI is InChI=1S/C30H16S6/c1-3-17-11-25-27(31-17)13-21(33-25)15-5-7-19-23(9-15)35-30-20-8-6-16(10-24(20)36-29(19)30)22-14-28-26(34-22)12-18(4-2)32-28/h3-14H,1-2H2. The maximum Gasteiger partial charge on any atom is 0.0542 e. The van der Waals surface area contributed by atoms with Crippen LogP contribution in [0.4, 0.5) is 0 Å². The van der Waals surface area contributed by atoms with Crippen LogP contribution in [0.15, 0.2) is 73.8 Å². The van der Waals surface area contributed by atoms with Crippen LogP contribution >= 0.6 is 68.0 Å². The fourth-order valence-corrected chi connectivity index (χ4v) is 12.0. The summed E-state index contributed by atoms with van der Waals surface area (Å²) in [5.74, 6) is 0. The number of benzene rings is 2. The van der Waals surface area contributed by atoms with Gasteiger partial charge in [0.15, 0.2) is 0 Å². The number of thiophene rings is 6. The van der Waals surface area contributed by atoms with Crippen molar-refractivity contribution in [3.63, 3.8) is 0 Å². The van der Waals surface area contributed by atoms with Gasteiger partial charge in [0.1, 0.15) is 0 Å². The van der Waals surface area contributed by atoms with Crippen LogP contribution in [0.5, 0.6) is 0 Å². The third kappa shape index (κ3) is 3.19. The smallest absolute Gasteiger partial charge is 0.0542 e. The first-order valence-corrected chi connectivity index (χ1v) is 16.3. The fraction of sp³-hybridized carbons (Fsp3) is 0. The lowest BCUT2D eigenvalue weighted by Gasteiger charge is -1.99. The van der Waals surface area contributed by atoms with Gasteiger partial charge in [0.05, 0.1) is 9.40 Å². The zero-order chi connectivity index (χ0) is 24.0. The second-order valence-electron chi connectivity index (χ2n) is 8.67. The van der Waals surface area contributed by atoms with Gasteiger partial charge in [-0.3, -0.25) is 0 Å². The summed E-state index contributed by atoms with van der Waals surface area (Å²) in [7, 11) is 0. The number of hydrogen-bond acceptors (Lipinski definition) is 6. The Morgan fingerprint density at radius 2 is 0.889 bits per heavy atom. The van der Waals surface area contributed by atoms with Gasteiger partial charge < -0.3 is 0 Å². The van der Waals surface area contributed by atoms with E-state index in [-0.39, 0.29) is 0 Å². The Morgan fingerprint density at radius 1 is 0.444 bits per heavy atom. The second kappa shape index (κ2) is 7.96. The van der Waals surface area contributed by atoms with Crippen LogP contribution in [0.1, 0.15) is 9.75 Å². The van der Waals surface area contributed by atoms with Gasteiger partial charge in [-0.2, -0.15) is 0 Å². The molecule has 0 N–H and O–H groups in total. The van der Waals surface area contributed by atoms with E-state index in [0.29, 0.717) is 0 Å². The van der Waals surface area contributed by atoms with E-state index in [0.717, 1.165) is 0 Å². The molecule has 2 aromatic carbocycles. The highest BCUT2D eigenvalue weighted by atomic mass is 32.1. The molecule has 0 saturated carbocycles. The average molecular weight is 569 g/mol. The van der Waals surface area contributed by atoms with E-state index in [2.05, 4.69) is 73.8 Å². The van der Waals surface area contributed by atoms with Crippen molar-refractivity contribution in [3.8, 4) is 20.9 Å². The molecule has 6 aromatic heterocycles. The molecule has 0 amide bonds. The Hall–Kier alpha value is -2.58. The maximum absolute atomic E-state index is 3.91. The van der Waals surface area contributed by atoms with Crippen LogP contribution in [0, 0.1) is 0 Å². The van der Waals surface area contributed by atoms with E-state index in [4.69, 9.17) is 0 Å². The van der Waals surface area contributed by atoms with Gasteiger partial charge >= 0.3 is 0 Å². The molecule has 36 heavy (non-hydrogen) atoms. The van der Waals surface area contributed by atoms with Gasteiger partial charge in [0.25, 0.3) is 0 Å². The van der Waals surface area contributed by atoms with Crippen molar-refractivity contribution in [1.29, 1.82) is 0 Å². The predicted molar refractivity (Wildman–Crippen MR) is 172 cm³/mol.